The van der Waals surface area contributed by atoms with E-state index in [0.717, 1.165) is 24.5 Å². The van der Waals surface area contributed by atoms with Gasteiger partial charge in [0.15, 0.2) is 0 Å². The van der Waals surface area contributed by atoms with Gasteiger partial charge in [0.05, 0.1) is 12.6 Å². The molecule has 0 radical (unpaired) electrons. The van der Waals surface area contributed by atoms with Crippen LogP contribution < -0.4 is 10.6 Å². The van der Waals surface area contributed by atoms with Crippen molar-refractivity contribution in [3.05, 3.63) is 53.6 Å². The zero-order valence-corrected chi connectivity index (χ0v) is 14.0. The van der Waals surface area contributed by atoms with Gasteiger partial charge in [-0.3, -0.25) is 0 Å². The number of nitrogens with one attached hydrogen (secondary N) is 2. The second kappa shape index (κ2) is 7.90. The van der Waals surface area contributed by atoms with Crippen molar-refractivity contribution in [1.82, 2.24) is 20.2 Å². The van der Waals surface area contributed by atoms with Crippen LogP contribution in [0.4, 0.5) is 13.6 Å². The van der Waals surface area contributed by atoms with Crippen LogP contribution in [0.25, 0.3) is 0 Å². The molecule has 0 unspecified atom stereocenters. The van der Waals surface area contributed by atoms with E-state index in [9.17, 15) is 13.6 Å². The Bertz CT molecular complexity index is 700. The highest BCUT2D eigenvalue weighted by Crippen LogP contribution is 2.17. The van der Waals surface area contributed by atoms with Crippen LogP contribution >= 0.6 is 0 Å². The molecule has 2 aromatic rings. The quantitative estimate of drug-likeness (QED) is 0.850. The van der Waals surface area contributed by atoms with Crippen LogP contribution in [0.15, 0.2) is 30.6 Å². The molecule has 2 N–H and O–H groups in total. The summed E-state index contributed by atoms with van der Waals surface area (Å²) < 4.78 is 28.6. The summed E-state index contributed by atoms with van der Waals surface area (Å²) in [5.74, 6) is -0.118. The van der Waals surface area contributed by atoms with E-state index < -0.39 is 23.7 Å². The Kier molecular flexibility index (Phi) is 5.89. The normalized spacial score (nSPS) is 12.2. The minimum Gasteiger partial charge on any atom is -0.333 e. The molecule has 1 atom stereocenters. The number of rotatable bonds is 6. The second-order valence-electron chi connectivity index (χ2n) is 6.10. The summed E-state index contributed by atoms with van der Waals surface area (Å²) in [6, 6.07) is 2.27. The Morgan fingerprint density at radius 1 is 1.29 bits per heavy atom. The highest BCUT2D eigenvalue weighted by atomic mass is 19.1. The molecule has 0 saturated heterocycles. The fraction of sp³-hybridized carbons (Fsp3) is 0.412. The van der Waals surface area contributed by atoms with Crippen LogP contribution in [0, 0.1) is 17.6 Å². The maximum atomic E-state index is 13.7. The van der Waals surface area contributed by atoms with Gasteiger partial charge in [0.2, 0.25) is 0 Å². The number of halogens is 2. The van der Waals surface area contributed by atoms with Gasteiger partial charge in [0, 0.05) is 30.6 Å². The summed E-state index contributed by atoms with van der Waals surface area (Å²) in [6.07, 6.45) is 3.55. The molecule has 1 aromatic carbocycles. The zero-order chi connectivity index (χ0) is 17.7. The van der Waals surface area contributed by atoms with E-state index in [2.05, 4.69) is 29.5 Å². The van der Waals surface area contributed by atoms with Gasteiger partial charge in [-0.25, -0.2) is 18.6 Å². The third kappa shape index (κ3) is 4.78. The van der Waals surface area contributed by atoms with Crippen molar-refractivity contribution in [2.24, 2.45) is 5.92 Å². The maximum Gasteiger partial charge on any atom is 0.315 e. The Morgan fingerprint density at radius 2 is 2.04 bits per heavy atom. The standard InChI is InChI=1S/C17H22F2N4O/c1-11(2)10-23-7-6-20-16(23)9-21-17(24)22-12(3)14-5-4-13(18)8-15(14)19/h4-8,11-12H,9-10H2,1-3H3,(H2,21,22,24)/t12-/m0/s1. The highest BCUT2D eigenvalue weighted by Gasteiger charge is 2.14. The van der Waals surface area contributed by atoms with E-state index >= 15 is 0 Å². The number of nitrogens with zero attached hydrogens (tertiary/aromatic N) is 2. The molecule has 1 aromatic heterocycles. The molecular formula is C17H22F2N4O. The number of imidazole rings is 1. The molecule has 0 aliphatic carbocycles. The summed E-state index contributed by atoms with van der Waals surface area (Å²) in [4.78, 5) is 16.2. The molecule has 0 fully saturated rings. The van der Waals surface area contributed by atoms with Crippen molar-refractivity contribution in [3.63, 3.8) is 0 Å². The lowest BCUT2D eigenvalue weighted by Gasteiger charge is -2.16. The summed E-state index contributed by atoms with van der Waals surface area (Å²) >= 11 is 0. The lowest BCUT2D eigenvalue weighted by molar-refractivity contribution is 0.237. The molecule has 0 saturated carbocycles. The topological polar surface area (TPSA) is 59.0 Å². The minimum atomic E-state index is -0.685. The molecule has 0 aliphatic rings. The average molecular weight is 336 g/mol. The van der Waals surface area contributed by atoms with Gasteiger partial charge >= 0.3 is 6.03 Å². The molecule has 1 heterocycles. The predicted molar refractivity (Wildman–Crippen MR) is 87.2 cm³/mol. The molecule has 0 spiro atoms. The van der Waals surface area contributed by atoms with Gasteiger partial charge in [0.1, 0.15) is 17.5 Å². The van der Waals surface area contributed by atoms with E-state index in [1.165, 1.54) is 6.07 Å². The summed E-state index contributed by atoms with van der Waals surface area (Å²) in [6.45, 7) is 6.92. The lowest BCUT2D eigenvalue weighted by atomic mass is 10.1. The van der Waals surface area contributed by atoms with Gasteiger partial charge < -0.3 is 15.2 Å². The molecule has 0 bridgehead atoms. The van der Waals surface area contributed by atoms with Gasteiger partial charge in [-0.15, -0.1) is 0 Å². The first-order valence-electron chi connectivity index (χ1n) is 7.86. The van der Waals surface area contributed by atoms with Gasteiger partial charge in [-0.1, -0.05) is 19.9 Å². The molecular weight excluding hydrogens is 314 g/mol. The highest BCUT2D eigenvalue weighted by molar-refractivity contribution is 5.74. The third-order valence-corrected chi connectivity index (χ3v) is 3.55. The minimum absolute atomic E-state index is 0.229. The fourth-order valence-electron chi connectivity index (χ4n) is 2.40. The SMILES string of the molecule is CC(C)Cn1ccnc1CNC(=O)N[C@@H](C)c1ccc(F)cc1F. The average Bonchev–Trinajstić information content (AvgIpc) is 2.91. The van der Waals surface area contributed by atoms with Gasteiger partial charge in [-0.05, 0) is 18.9 Å². The van der Waals surface area contributed by atoms with Crippen LogP contribution in [-0.2, 0) is 13.1 Å². The second-order valence-corrected chi connectivity index (χ2v) is 6.10. The Balaban J connectivity index is 1.90. The Hall–Kier alpha value is -2.44. The van der Waals surface area contributed by atoms with Gasteiger partial charge in [-0.2, -0.15) is 0 Å². The van der Waals surface area contributed by atoms with Crippen LogP contribution in [0.2, 0.25) is 0 Å². The van der Waals surface area contributed by atoms with E-state index in [1.54, 1.807) is 13.1 Å². The predicted octanol–water partition coefficient (Wildman–Crippen LogP) is 3.38. The van der Waals surface area contributed by atoms with Crippen molar-refractivity contribution in [2.45, 2.75) is 39.9 Å². The molecule has 5 nitrogen and oxygen atoms in total. The van der Waals surface area contributed by atoms with Gasteiger partial charge in [0.25, 0.3) is 0 Å². The number of amides is 2. The maximum absolute atomic E-state index is 13.7. The van der Waals surface area contributed by atoms with Crippen molar-refractivity contribution in [2.75, 3.05) is 0 Å². The molecule has 24 heavy (non-hydrogen) atoms. The number of aromatic nitrogens is 2. The number of urea groups is 1. The first kappa shape index (κ1) is 17.9. The van der Waals surface area contributed by atoms with Crippen molar-refractivity contribution in [3.8, 4) is 0 Å². The Labute approximate surface area is 140 Å². The summed E-state index contributed by atoms with van der Waals surface area (Å²) in [7, 11) is 0. The Morgan fingerprint density at radius 3 is 2.71 bits per heavy atom. The van der Waals surface area contributed by atoms with Crippen molar-refractivity contribution in [1.29, 1.82) is 0 Å². The molecule has 2 amide bonds. The van der Waals surface area contributed by atoms with E-state index in [-0.39, 0.29) is 12.1 Å². The van der Waals surface area contributed by atoms with Crippen LogP contribution in [0.1, 0.15) is 38.2 Å². The zero-order valence-electron chi connectivity index (χ0n) is 14.0. The van der Waals surface area contributed by atoms with Crippen LogP contribution in [0.3, 0.4) is 0 Å². The number of carbonyl (C=O) groups is 1. The molecule has 130 valence electrons. The van der Waals surface area contributed by atoms with E-state index in [0.29, 0.717) is 5.92 Å². The monoisotopic (exact) mass is 336 g/mol. The summed E-state index contributed by atoms with van der Waals surface area (Å²) in [5.41, 5.74) is 0.229. The van der Waals surface area contributed by atoms with E-state index in [1.807, 2.05) is 10.8 Å². The number of hydrogen-bond donors (Lipinski definition) is 2. The van der Waals surface area contributed by atoms with Crippen molar-refractivity contribution < 1.29 is 13.6 Å². The first-order chi connectivity index (χ1) is 11.4. The third-order valence-electron chi connectivity index (χ3n) is 3.55. The van der Waals surface area contributed by atoms with Crippen molar-refractivity contribution >= 4 is 6.03 Å². The van der Waals surface area contributed by atoms with Crippen LogP contribution in [0.5, 0.6) is 0 Å². The number of carbonyl (C=O) groups excluding carboxylic acids is 1. The number of benzene rings is 1. The molecule has 7 heteroatoms. The smallest absolute Gasteiger partial charge is 0.315 e. The largest absolute Gasteiger partial charge is 0.333 e. The molecule has 2 rings (SSSR count). The fourth-order valence-corrected chi connectivity index (χ4v) is 2.40. The number of hydrogen-bond acceptors (Lipinski definition) is 2. The first-order valence-corrected chi connectivity index (χ1v) is 7.86. The van der Waals surface area contributed by atoms with Crippen LogP contribution in [-0.4, -0.2) is 15.6 Å². The van der Waals surface area contributed by atoms with E-state index in [4.69, 9.17) is 0 Å². The summed E-state index contributed by atoms with van der Waals surface area (Å²) in [5, 5.41) is 5.33. The molecule has 0 aliphatic heterocycles. The lowest BCUT2D eigenvalue weighted by Crippen LogP contribution is -2.37.